The van der Waals surface area contributed by atoms with E-state index in [1.165, 1.54) is 0 Å². The van der Waals surface area contributed by atoms with Gasteiger partial charge in [0.1, 0.15) is 5.75 Å². The largest absolute Gasteiger partial charge is 0.508 e. The molecule has 0 aliphatic heterocycles. The van der Waals surface area contributed by atoms with E-state index < -0.39 is 0 Å². The average molecular weight is 270 g/mol. The predicted octanol–water partition coefficient (Wildman–Crippen LogP) is 2.67. The summed E-state index contributed by atoms with van der Waals surface area (Å²) < 4.78 is 0. The minimum absolute atomic E-state index is 0.0850. The zero-order chi connectivity index (χ0) is 14.5. The van der Waals surface area contributed by atoms with Gasteiger partial charge in [0.15, 0.2) is 0 Å². The van der Waals surface area contributed by atoms with Crippen LogP contribution in [-0.2, 0) is 6.54 Å². The van der Waals surface area contributed by atoms with E-state index in [9.17, 15) is 9.90 Å². The van der Waals surface area contributed by atoms with E-state index in [1.807, 2.05) is 31.2 Å². The van der Waals surface area contributed by atoms with Crippen LogP contribution < -0.4 is 10.6 Å². The number of rotatable bonds is 4. The van der Waals surface area contributed by atoms with Crippen molar-refractivity contribution in [3.63, 3.8) is 0 Å². The van der Waals surface area contributed by atoms with Gasteiger partial charge in [0.25, 0.3) is 5.91 Å². The fourth-order valence-corrected chi connectivity index (χ4v) is 1.96. The second-order valence-corrected chi connectivity index (χ2v) is 4.63. The van der Waals surface area contributed by atoms with Gasteiger partial charge in [-0.3, -0.25) is 4.79 Å². The molecule has 4 nitrogen and oxygen atoms in total. The van der Waals surface area contributed by atoms with Gasteiger partial charge < -0.3 is 15.7 Å². The molecule has 0 aliphatic rings. The molecule has 3 N–H and O–H groups in total. The average Bonchev–Trinajstić information content (AvgIpc) is 2.46. The van der Waals surface area contributed by atoms with E-state index in [0.717, 1.165) is 16.8 Å². The summed E-state index contributed by atoms with van der Waals surface area (Å²) in [4.78, 5) is 11.5. The van der Waals surface area contributed by atoms with Gasteiger partial charge in [-0.15, -0.1) is 0 Å². The molecule has 0 aromatic heterocycles. The molecule has 0 saturated heterocycles. The Balaban J connectivity index is 2.06. The Morgan fingerprint density at radius 3 is 2.45 bits per heavy atom. The number of phenols is 1. The second-order valence-electron chi connectivity index (χ2n) is 4.63. The van der Waals surface area contributed by atoms with Crippen LogP contribution in [-0.4, -0.2) is 18.1 Å². The first-order valence-corrected chi connectivity index (χ1v) is 6.44. The Morgan fingerprint density at radius 1 is 1.15 bits per heavy atom. The van der Waals surface area contributed by atoms with Gasteiger partial charge in [0, 0.05) is 24.8 Å². The van der Waals surface area contributed by atoms with E-state index in [2.05, 4.69) is 10.6 Å². The summed E-state index contributed by atoms with van der Waals surface area (Å²) in [5.41, 5.74) is 3.74. The van der Waals surface area contributed by atoms with Crippen molar-refractivity contribution in [2.75, 3.05) is 12.4 Å². The van der Waals surface area contributed by atoms with Crippen molar-refractivity contribution in [1.29, 1.82) is 0 Å². The Bertz CT molecular complexity index is 606. The van der Waals surface area contributed by atoms with Crippen LogP contribution >= 0.6 is 0 Å². The topological polar surface area (TPSA) is 61.4 Å². The van der Waals surface area contributed by atoms with Crippen molar-refractivity contribution in [2.45, 2.75) is 13.5 Å². The first-order valence-electron chi connectivity index (χ1n) is 6.44. The van der Waals surface area contributed by atoms with E-state index in [1.54, 1.807) is 25.2 Å². The first kappa shape index (κ1) is 13.9. The van der Waals surface area contributed by atoms with Crippen LogP contribution in [0.15, 0.2) is 42.5 Å². The number of phenolic OH excluding ortho intramolecular Hbond substituents is 1. The van der Waals surface area contributed by atoms with Crippen molar-refractivity contribution in [3.05, 3.63) is 59.2 Å². The molecule has 0 aliphatic carbocycles. The summed E-state index contributed by atoms with van der Waals surface area (Å²) in [5, 5.41) is 15.2. The molecule has 1 amide bonds. The van der Waals surface area contributed by atoms with Crippen molar-refractivity contribution >= 4 is 11.6 Å². The summed E-state index contributed by atoms with van der Waals surface area (Å²) in [5.74, 6) is 0.179. The number of carbonyl (C=O) groups is 1. The highest BCUT2D eigenvalue weighted by Gasteiger charge is 2.05. The van der Waals surface area contributed by atoms with Crippen molar-refractivity contribution in [1.82, 2.24) is 5.32 Å². The fraction of sp³-hybridized carbons (Fsp3) is 0.188. The molecule has 4 heteroatoms. The number of hydrogen-bond donors (Lipinski definition) is 3. The van der Waals surface area contributed by atoms with Gasteiger partial charge in [-0.25, -0.2) is 0 Å². The minimum atomic E-state index is -0.0850. The third-order valence-corrected chi connectivity index (χ3v) is 3.13. The lowest BCUT2D eigenvalue weighted by Gasteiger charge is -2.11. The third kappa shape index (κ3) is 3.29. The molecule has 2 aromatic carbocycles. The molecule has 2 aromatic rings. The molecule has 0 heterocycles. The monoisotopic (exact) mass is 270 g/mol. The van der Waals surface area contributed by atoms with Crippen molar-refractivity contribution in [2.24, 2.45) is 0 Å². The molecule has 0 bridgehead atoms. The van der Waals surface area contributed by atoms with E-state index in [0.29, 0.717) is 12.1 Å². The summed E-state index contributed by atoms with van der Waals surface area (Å²) in [7, 11) is 1.62. The van der Waals surface area contributed by atoms with Crippen LogP contribution in [0.25, 0.3) is 0 Å². The Kier molecular flexibility index (Phi) is 4.25. The van der Waals surface area contributed by atoms with Crippen LogP contribution in [0, 0.1) is 6.92 Å². The molecule has 104 valence electrons. The zero-order valence-electron chi connectivity index (χ0n) is 11.6. The lowest BCUT2D eigenvalue weighted by molar-refractivity contribution is 0.0963. The van der Waals surface area contributed by atoms with Gasteiger partial charge in [0.2, 0.25) is 0 Å². The summed E-state index contributed by atoms with van der Waals surface area (Å²) in [6, 6.07) is 12.6. The molecule has 0 fully saturated rings. The highest BCUT2D eigenvalue weighted by Crippen LogP contribution is 2.18. The van der Waals surface area contributed by atoms with E-state index in [-0.39, 0.29) is 11.7 Å². The molecule has 20 heavy (non-hydrogen) atoms. The van der Waals surface area contributed by atoms with Crippen LogP contribution in [0.4, 0.5) is 5.69 Å². The maximum absolute atomic E-state index is 11.5. The number of hydrogen-bond acceptors (Lipinski definition) is 3. The Morgan fingerprint density at radius 2 is 1.85 bits per heavy atom. The maximum Gasteiger partial charge on any atom is 0.251 e. The molecule has 0 atom stereocenters. The van der Waals surface area contributed by atoms with Gasteiger partial charge in [-0.2, -0.15) is 0 Å². The van der Waals surface area contributed by atoms with Crippen LogP contribution in [0.3, 0.4) is 0 Å². The minimum Gasteiger partial charge on any atom is -0.508 e. The normalized spacial score (nSPS) is 10.1. The smallest absolute Gasteiger partial charge is 0.251 e. The number of benzene rings is 2. The molecule has 0 unspecified atom stereocenters. The molecular formula is C16H18N2O2. The summed E-state index contributed by atoms with van der Waals surface area (Å²) in [6.45, 7) is 2.63. The quantitative estimate of drug-likeness (QED) is 0.800. The standard InChI is InChI=1S/C16H18N2O2/c1-11-9-13(16(20)17-2)5-8-15(11)18-10-12-3-6-14(19)7-4-12/h3-9,18-19H,10H2,1-2H3,(H,17,20). The van der Waals surface area contributed by atoms with Crippen molar-refractivity contribution < 1.29 is 9.90 Å². The first-order chi connectivity index (χ1) is 9.60. The fourth-order valence-electron chi connectivity index (χ4n) is 1.96. The number of aromatic hydroxyl groups is 1. The lowest BCUT2D eigenvalue weighted by atomic mass is 10.1. The number of aryl methyl sites for hydroxylation is 1. The van der Waals surface area contributed by atoms with Crippen LogP contribution in [0.2, 0.25) is 0 Å². The van der Waals surface area contributed by atoms with Crippen molar-refractivity contribution in [3.8, 4) is 5.75 Å². The summed E-state index contributed by atoms with van der Waals surface area (Å²) >= 11 is 0. The van der Waals surface area contributed by atoms with Gasteiger partial charge in [0.05, 0.1) is 0 Å². The van der Waals surface area contributed by atoms with Crippen LogP contribution in [0.1, 0.15) is 21.5 Å². The SMILES string of the molecule is CNC(=O)c1ccc(NCc2ccc(O)cc2)c(C)c1. The number of carbonyl (C=O) groups excluding carboxylic acids is 1. The highest BCUT2D eigenvalue weighted by atomic mass is 16.3. The third-order valence-electron chi connectivity index (χ3n) is 3.13. The molecule has 2 rings (SSSR count). The Hall–Kier alpha value is -2.49. The van der Waals surface area contributed by atoms with Crippen LogP contribution in [0.5, 0.6) is 5.75 Å². The molecule has 0 spiro atoms. The van der Waals surface area contributed by atoms with Gasteiger partial charge in [-0.05, 0) is 48.4 Å². The number of nitrogens with one attached hydrogen (secondary N) is 2. The van der Waals surface area contributed by atoms with Gasteiger partial charge >= 0.3 is 0 Å². The molecular weight excluding hydrogens is 252 g/mol. The second kappa shape index (κ2) is 6.10. The zero-order valence-corrected chi connectivity index (χ0v) is 11.6. The number of amides is 1. The Labute approximate surface area is 118 Å². The maximum atomic E-state index is 11.5. The number of anilines is 1. The predicted molar refractivity (Wildman–Crippen MR) is 80.0 cm³/mol. The van der Waals surface area contributed by atoms with E-state index >= 15 is 0 Å². The summed E-state index contributed by atoms with van der Waals surface area (Å²) in [6.07, 6.45) is 0. The highest BCUT2D eigenvalue weighted by molar-refractivity contribution is 5.94. The van der Waals surface area contributed by atoms with Gasteiger partial charge in [-0.1, -0.05) is 12.1 Å². The van der Waals surface area contributed by atoms with E-state index in [4.69, 9.17) is 0 Å². The molecule has 0 radical (unpaired) electrons. The lowest BCUT2D eigenvalue weighted by Crippen LogP contribution is -2.17. The molecule has 0 saturated carbocycles.